The van der Waals surface area contributed by atoms with E-state index in [2.05, 4.69) is 5.32 Å². The van der Waals surface area contributed by atoms with Crippen LogP contribution in [0, 0.1) is 11.3 Å². The fourth-order valence-corrected chi connectivity index (χ4v) is 2.41. The molecule has 0 bridgehead atoms. The summed E-state index contributed by atoms with van der Waals surface area (Å²) in [6.45, 7) is 1.64. The summed E-state index contributed by atoms with van der Waals surface area (Å²) in [5.41, 5.74) is 1.66. The second kappa shape index (κ2) is 8.14. The molecule has 2 aromatic rings. The molecule has 0 aliphatic rings. The van der Waals surface area contributed by atoms with Gasteiger partial charge in [-0.05, 0) is 36.4 Å². The van der Waals surface area contributed by atoms with E-state index in [1.54, 1.807) is 48.5 Å². The van der Waals surface area contributed by atoms with Gasteiger partial charge < -0.3 is 10.2 Å². The Balaban J connectivity index is 2.02. The molecule has 0 aromatic heterocycles. The SMILES string of the molecule is CC(=O)N(CCC(=O)Nc1cccc(Cl)c1)c1cccc(C#N)c1. The van der Waals surface area contributed by atoms with Crippen molar-refractivity contribution in [1.82, 2.24) is 0 Å². The molecule has 0 unspecified atom stereocenters. The maximum absolute atomic E-state index is 12.1. The summed E-state index contributed by atoms with van der Waals surface area (Å²) in [5.74, 6) is -0.416. The Morgan fingerprint density at radius 3 is 2.62 bits per heavy atom. The number of hydrogen-bond acceptors (Lipinski definition) is 3. The summed E-state index contributed by atoms with van der Waals surface area (Å²) in [4.78, 5) is 25.4. The van der Waals surface area contributed by atoms with Gasteiger partial charge in [-0.2, -0.15) is 5.26 Å². The van der Waals surface area contributed by atoms with Gasteiger partial charge in [-0.15, -0.1) is 0 Å². The first-order valence-electron chi connectivity index (χ1n) is 7.33. The number of nitrogens with one attached hydrogen (secondary N) is 1. The lowest BCUT2D eigenvalue weighted by molar-refractivity contribution is -0.117. The first-order valence-corrected chi connectivity index (χ1v) is 7.71. The number of halogens is 1. The normalized spacial score (nSPS) is 9.88. The highest BCUT2D eigenvalue weighted by atomic mass is 35.5. The van der Waals surface area contributed by atoms with E-state index in [-0.39, 0.29) is 24.8 Å². The van der Waals surface area contributed by atoms with Crippen molar-refractivity contribution in [3.63, 3.8) is 0 Å². The minimum Gasteiger partial charge on any atom is -0.326 e. The molecule has 0 spiro atoms. The lowest BCUT2D eigenvalue weighted by Gasteiger charge is -2.21. The number of hydrogen-bond donors (Lipinski definition) is 1. The summed E-state index contributed by atoms with van der Waals surface area (Å²) in [7, 11) is 0. The fraction of sp³-hybridized carbons (Fsp3) is 0.167. The van der Waals surface area contributed by atoms with Gasteiger partial charge in [0.15, 0.2) is 0 Å². The van der Waals surface area contributed by atoms with E-state index in [9.17, 15) is 9.59 Å². The van der Waals surface area contributed by atoms with Crippen LogP contribution in [0.2, 0.25) is 5.02 Å². The topological polar surface area (TPSA) is 73.2 Å². The van der Waals surface area contributed by atoms with E-state index in [0.29, 0.717) is 22.0 Å². The van der Waals surface area contributed by atoms with Crippen LogP contribution in [-0.4, -0.2) is 18.4 Å². The van der Waals surface area contributed by atoms with Crippen molar-refractivity contribution in [3.8, 4) is 6.07 Å². The zero-order chi connectivity index (χ0) is 17.5. The molecule has 1 N–H and O–H groups in total. The number of nitriles is 1. The van der Waals surface area contributed by atoms with E-state index < -0.39 is 0 Å². The van der Waals surface area contributed by atoms with Crippen molar-refractivity contribution in [2.24, 2.45) is 0 Å². The highest BCUT2D eigenvalue weighted by molar-refractivity contribution is 6.30. The van der Waals surface area contributed by atoms with Crippen molar-refractivity contribution in [2.45, 2.75) is 13.3 Å². The van der Waals surface area contributed by atoms with Crippen molar-refractivity contribution in [1.29, 1.82) is 5.26 Å². The molecule has 0 aliphatic carbocycles. The second-order valence-corrected chi connectivity index (χ2v) is 5.58. The van der Waals surface area contributed by atoms with Crippen LogP contribution in [-0.2, 0) is 9.59 Å². The van der Waals surface area contributed by atoms with Crippen LogP contribution in [0.5, 0.6) is 0 Å². The smallest absolute Gasteiger partial charge is 0.226 e. The Hall–Kier alpha value is -2.84. The molecular weight excluding hydrogens is 326 g/mol. The molecule has 0 atom stereocenters. The molecule has 0 aliphatic heterocycles. The first-order chi connectivity index (χ1) is 11.5. The number of anilines is 2. The Morgan fingerprint density at radius 1 is 1.21 bits per heavy atom. The maximum Gasteiger partial charge on any atom is 0.226 e. The van der Waals surface area contributed by atoms with E-state index in [1.807, 2.05) is 6.07 Å². The minimum atomic E-state index is -0.222. The third-order valence-corrected chi connectivity index (χ3v) is 3.57. The quantitative estimate of drug-likeness (QED) is 0.903. The molecule has 0 saturated carbocycles. The number of carbonyl (C=O) groups is 2. The average molecular weight is 342 g/mol. The van der Waals surface area contributed by atoms with Gasteiger partial charge in [0.1, 0.15) is 0 Å². The number of nitrogens with zero attached hydrogens (tertiary/aromatic N) is 2. The van der Waals surface area contributed by atoms with Crippen LogP contribution in [0.4, 0.5) is 11.4 Å². The lowest BCUT2D eigenvalue weighted by Crippen LogP contribution is -2.32. The largest absolute Gasteiger partial charge is 0.326 e. The summed E-state index contributed by atoms with van der Waals surface area (Å²) >= 11 is 5.88. The second-order valence-electron chi connectivity index (χ2n) is 5.14. The summed E-state index contributed by atoms with van der Waals surface area (Å²) in [6.07, 6.45) is 0.128. The predicted molar refractivity (Wildman–Crippen MR) is 93.9 cm³/mol. The maximum atomic E-state index is 12.1. The van der Waals surface area contributed by atoms with Crippen LogP contribution in [0.3, 0.4) is 0 Å². The Bertz CT molecular complexity index is 799. The third-order valence-electron chi connectivity index (χ3n) is 3.34. The number of carbonyl (C=O) groups excluding carboxylic acids is 2. The van der Waals surface area contributed by atoms with E-state index >= 15 is 0 Å². The number of amides is 2. The van der Waals surface area contributed by atoms with Gasteiger partial charge in [0.25, 0.3) is 0 Å². The highest BCUT2D eigenvalue weighted by Gasteiger charge is 2.14. The molecule has 2 aromatic carbocycles. The first kappa shape index (κ1) is 17.5. The Kier molecular flexibility index (Phi) is 5.94. The molecule has 0 saturated heterocycles. The number of benzene rings is 2. The molecule has 6 heteroatoms. The Labute approximate surface area is 145 Å². The zero-order valence-electron chi connectivity index (χ0n) is 13.1. The summed E-state index contributed by atoms with van der Waals surface area (Å²) in [5, 5.41) is 12.2. The van der Waals surface area contributed by atoms with E-state index in [1.165, 1.54) is 11.8 Å². The monoisotopic (exact) mass is 341 g/mol. The number of rotatable bonds is 5. The summed E-state index contributed by atoms with van der Waals surface area (Å²) < 4.78 is 0. The summed E-state index contributed by atoms with van der Waals surface area (Å²) in [6, 6.07) is 15.6. The molecule has 24 heavy (non-hydrogen) atoms. The van der Waals surface area contributed by atoms with Crippen molar-refractivity contribution >= 4 is 34.8 Å². The Morgan fingerprint density at radius 2 is 1.96 bits per heavy atom. The van der Waals surface area contributed by atoms with Crippen LogP contribution < -0.4 is 10.2 Å². The molecule has 0 fully saturated rings. The highest BCUT2D eigenvalue weighted by Crippen LogP contribution is 2.18. The van der Waals surface area contributed by atoms with E-state index in [4.69, 9.17) is 16.9 Å². The van der Waals surface area contributed by atoms with E-state index in [0.717, 1.165) is 0 Å². The standard InChI is InChI=1S/C18H16ClN3O2/c1-13(23)22(17-7-2-4-14(10-17)12-20)9-8-18(24)21-16-6-3-5-15(19)11-16/h2-7,10-11H,8-9H2,1H3,(H,21,24). The molecule has 2 amide bonds. The van der Waals surface area contributed by atoms with Gasteiger partial charge >= 0.3 is 0 Å². The molecule has 2 rings (SSSR count). The predicted octanol–water partition coefficient (Wildman–Crippen LogP) is 3.59. The third kappa shape index (κ3) is 4.83. The molecule has 0 radical (unpaired) electrons. The van der Waals surface area contributed by atoms with Crippen molar-refractivity contribution < 1.29 is 9.59 Å². The molecular formula is C18H16ClN3O2. The fourth-order valence-electron chi connectivity index (χ4n) is 2.21. The van der Waals surface area contributed by atoms with Crippen LogP contribution in [0.1, 0.15) is 18.9 Å². The van der Waals surface area contributed by atoms with Crippen LogP contribution in [0.25, 0.3) is 0 Å². The van der Waals surface area contributed by atoms with Gasteiger partial charge in [0.05, 0.1) is 11.6 Å². The molecule has 122 valence electrons. The lowest BCUT2D eigenvalue weighted by atomic mass is 10.2. The zero-order valence-corrected chi connectivity index (χ0v) is 13.9. The van der Waals surface area contributed by atoms with Crippen molar-refractivity contribution in [2.75, 3.05) is 16.8 Å². The van der Waals surface area contributed by atoms with Gasteiger partial charge in [0, 0.05) is 36.3 Å². The molecule has 0 heterocycles. The van der Waals surface area contributed by atoms with Gasteiger partial charge in [-0.25, -0.2) is 0 Å². The van der Waals surface area contributed by atoms with Gasteiger partial charge in [-0.1, -0.05) is 23.7 Å². The van der Waals surface area contributed by atoms with Gasteiger partial charge in [-0.3, -0.25) is 9.59 Å². The van der Waals surface area contributed by atoms with Crippen molar-refractivity contribution in [3.05, 3.63) is 59.1 Å². The minimum absolute atomic E-state index is 0.128. The molecule has 5 nitrogen and oxygen atoms in total. The van der Waals surface area contributed by atoms with Gasteiger partial charge in [0.2, 0.25) is 11.8 Å². The average Bonchev–Trinajstić information content (AvgIpc) is 2.55. The van der Waals surface area contributed by atoms with Crippen LogP contribution in [0.15, 0.2) is 48.5 Å². The van der Waals surface area contributed by atoms with Crippen LogP contribution >= 0.6 is 11.6 Å².